The van der Waals surface area contributed by atoms with Crippen LogP contribution in [0.15, 0.2) is 29.2 Å². The third-order valence-electron chi connectivity index (χ3n) is 4.85. The van der Waals surface area contributed by atoms with Gasteiger partial charge in [-0.1, -0.05) is 19.3 Å². The molecular weight excluding hydrogens is 370 g/mol. The summed E-state index contributed by atoms with van der Waals surface area (Å²) in [7, 11) is -3.86. The Morgan fingerprint density at radius 1 is 1.00 bits per heavy atom. The van der Waals surface area contributed by atoms with Crippen LogP contribution < -0.4 is 14.9 Å². The van der Waals surface area contributed by atoms with Crippen molar-refractivity contribution in [1.29, 1.82) is 0 Å². The molecule has 27 heavy (non-hydrogen) atoms. The number of hydrogen-bond acceptors (Lipinski definition) is 5. The largest absolute Gasteiger partial charge is 0.352 e. The number of benzene rings is 1. The molecular formula is C18H23N3O5S. The summed E-state index contributed by atoms with van der Waals surface area (Å²) < 4.78 is 27.0. The molecule has 1 saturated carbocycles. The maximum atomic E-state index is 12.4. The molecule has 3 amide bonds. The zero-order valence-electron chi connectivity index (χ0n) is 14.9. The summed E-state index contributed by atoms with van der Waals surface area (Å²) in [6.45, 7) is -0.330. The van der Waals surface area contributed by atoms with Crippen LogP contribution in [0.4, 0.5) is 5.69 Å². The topological polar surface area (TPSA) is 113 Å². The molecule has 1 heterocycles. The summed E-state index contributed by atoms with van der Waals surface area (Å²) in [6, 6.07) is 5.58. The van der Waals surface area contributed by atoms with Gasteiger partial charge in [-0.3, -0.25) is 19.3 Å². The van der Waals surface area contributed by atoms with Gasteiger partial charge < -0.3 is 5.32 Å². The van der Waals surface area contributed by atoms with E-state index in [0.29, 0.717) is 5.69 Å². The second-order valence-electron chi connectivity index (χ2n) is 6.84. The number of nitrogens with one attached hydrogen (secondary N) is 2. The highest BCUT2D eigenvalue weighted by molar-refractivity contribution is 7.89. The number of amides is 3. The predicted molar refractivity (Wildman–Crippen MR) is 98.4 cm³/mol. The van der Waals surface area contributed by atoms with Gasteiger partial charge in [0.25, 0.3) is 0 Å². The number of anilines is 1. The molecule has 0 unspecified atom stereocenters. The van der Waals surface area contributed by atoms with Crippen LogP contribution in [0.3, 0.4) is 0 Å². The lowest BCUT2D eigenvalue weighted by Gasteiger charge is -2.22. The van der Waals surface area contributed by atoms with Gasteiger partial charge in [-0.05, 0) is 37.1 Å². The van der Waals surface area contributed by atoms with E-state index >= 15 is 0 Å². The smallest absolute Gasteiger partial charge is 0.241 e. The molecule has 0 spiro atoms. The van der Waals surface area contributed by atoms with E-state index < -0.39 is 10.0 Å². The van der Waals surface area contributed by atoms with Crippen molar-refractivity contribution in [3.8, 4) is 0 Å². The number of imide groups is 1. The summed E-state index contributed by atoms with van der Waals surface area (Å²) in [5, 5.41) is 2.85. The van der Waals surface area contributed by atoms with Crippen LogP contribution in [0, 0.1) is 0 Å². The number of carbonyl (C=O) groups excluding carboxylic acids is 3. The molecule has 2 fully saturated rings. The molecule has 3 rings (SSSR count). The molecule has 0 atom stereocenters. The summed E-state index contributed by atoms with van der Waals surface area (Å²) in [5.74, 6) is -0.948. The maximum Gasteiger partial charge on any atom is 0.241 e. The highest BCUT2D eigenvalue weighted by Crippen LogP contribution is 2.24. The minimum absolute atomic E-state index is 0.0317. The lowest BCUT2D eigenvalue weighted by atomic mass is 9.95. The molecule has 0 bridgehead atoms. The molecule has 9 heteroatoms. The Kier molecular flexibility index (Phi) is 5.91. The van der Waals surface area contributed by atoms with Gasteiger partial charge in [0.1, 0.15) is 0 Å². The van der Waals surface area contributed by atoms with Crippen LogP contribution in [-0.2, 0) is 24.4 Å². The van der Waals surface area contributed by atoms with Crippen LogP contribution in [0.2, 0.25) is 0 Å². The van der Waals surface area contributed by atoms with Crippen LogP contribution in [0.25, 0.3) is 0 Å². The third kappa shape index (κ3) is 4.72. The van der Waals surface area contributed by atoms with Gasteiger partial charge in [0.2, 0.25) is 27.7 Å². The average Bonchev–Trinajstić information content (AvgIpc) is 2.99. The van der Waals surface area contributed by atoms with Crippen LogP contribution in [0.5, 0.6) is 0 Å². The quantitative estimate of drug-likeness (QED) is 0.702. The van der Waals surface area contributed by atoms with Crippen molar-refractivity contribution >= 4 is 33.4 Å². The van der Waals surface area contributed by atoms with Crippen molar-refractivity contribution in [3.63, 3.8) is 0 Å². The van der Waals surface area contributed by atoms with Crippen molar-refractivity contribution in [1.82, 2.24) is 10.0 Å². The van der Waals surface area contributed by atoms with Gasteiger partial charge in [-0.15, -0.1) is 0 Å². The van der Waals surface area contributed by atoms with Gasteiger partial charge in [0.15, 0.2) is 0 Å². The first kappa shape index (κ1) is 19.5. The molecule has 1 aromatic carbocycles. The van der Waals surface area contributed by atoms with E-state index in [9.17, 15) is 22.8 Å². The fourth-order valence-corrected chi connectivity index (χ4v) is 4.39. The number of sulfonamides is 1. The standard InChI is InChI=1S/C18H23N3O5S/c22-16(20-13-4-2-1-3-5-13)12-19-27(25,26)15-8-6-14(7-9-15)21-17(23)10-11-18(21)24/h6-9,13,19H,1-5,10-12H2,(H,20,22). The van der Waals surface area contributed by atoms with E-state index in [1.54, 1.807) is 0 Å². The zero-order chi connectivity index (χ0) is 19.4. The van der Waals surface area contributed by atoms with Crippen molar-refractivity contribution in [3.05, 3.63) is 24.3 Å². The molecule has 1 aromatic rings. The number of nitrogens with zero attached hydrogens (tertiary/aromatic N) is 1. The zero-order valence-corrected chi connectivity index (χ0v) is 15.8. The van der Waals surface area contributed by atoms with Gasteiger partial charge in [0.05, 0.1) is 17.1 Å². The fourth-order valence-electron chi connectivity index (χ4n) is 3.41. The van der Waals surface area contributed by atoms with Gasteiger partial charge in [-0.2, -0.15) is 0 Å². The minimum atomic E-state index is -3.86. The maximum absolute atomic E-state index is 12.4. The van der Waals surface area contributed by atoms with E-state index in [0.717, 1.165) is 30.6 Å². The van der Waals surface area contributed by atoms with Gasteiger partial charge >= 0.3 is 0 Å². The SMILES string of the molecule is O=C(CNS(=O)(=O)c1ccc(N2C(=O)CCC2=O)cc1)NC1CCCCC1. The lowest BCUT2D eigenvalue weighted by Crippen LogP contribution is -2.42. The molecule has 146 valence electrons. The Morgan fingerprint density at radius 2 is 1.59 bits per heavy atom. The van der Waals surface area contributed by atoms with E-state index in [4.69, 9.17) is 0 Å². The van der Waals surface area contributed by atoms with Gasteiger partial charge in [0, 0.05) is 18.9 Å². The van der Waals surface area contributed by atoms with Crippen LogP contribution >= 0.6 is 0 Å². The Bertz CT molecular complexity index is 813. The minimum Gasteiger partial charge on any atom is -0.352 e. The number of carbonyl (C=O) groups is 3. The molecule has 0 aromatic heterocycles. The second kappa shape index (κ2) is 8.18. The molecule has 1 saturated heterocycles. The molecule has 8 nitrogen and oxygen atoms in total. The predicted octanol–water partition coefficient (Wildman–Crippen LogP) is 1.07. The average molecular weight is 393 g/mol. The Hall–Kier alpha value is -2.26. The summed E-state index contributed by atoms with van der Waals surface area (Å²) in [5.41, 5.74) is 0.344. The van der Waals surface area contributed by atoms with Crippen molar-refractivity contribution < 1.29 is 22.8 Å². The highest BCUT2D eigenvalue weighted by atomic mass is 32.2. The summed E-state index contributed by atoms with van der Waals surface area (Å²) in [6.07, 6.45) is 5.49. The second-order valence-corrected chi connectivity index (χ2v) is 8.61. The van der Waals surface area contributed by atoms with Crippen molar-refractivity contribution in [2.75, 3.05) is 11.4 Å². The van der Waals surface area contributed by atoms with E-state index in [1.165, 1.54) is 30.7 Å². The van der Waals surface area contributed by atoms with Crippen LogP contribution in [0.1, 0.15) is 44.9 Å². The molecule has 1 aliphatic heterocycles. The van der Waals surface area contributed by atoms with E-state index in [1.807, 2.05) is 0 Å². The highest BCUT2D eigenvalue weighted by Gasteiger charge is 2.30. The first-order chi connectivity index (χ1) is 12.9. The van der Waals surface area contributed by atoms with E-state index in [-0.39, 0.29) is 48.0 Å². The Morgan fingerprint density at radius 3 is 2.19 bits per heavy atom. The fraction of sp³-hybridized carbons (Fsp3) is 0.500. The summed E-state index contributed by atoms with van der Waals surface area (Å²) in [4.78, 5) is 36.5. The first-order valence-electron chi connectivity index (χ1n) is 9.12. The summed E-state index contributed by atoms with van der Waals surface area (Å²) >= 11 is 0. The normalized spacial score (nSPS) is 18.7. The van der Waals surface area contributed by atoms with Crippen LogP contribution in [-0.4, -0.2) is 38.7 Å². The Labute approximate surface area is 158 Å². The monoisotopic (exact) mass is 393 g/mol. The number of rotatable bonds is 6. The molecule has 2 N–H and O–H groups in total. The van der Waals surface area contributed by atoms with Crippen molar-refractivity contribution in [2.24, 2.45) is 0 Å². The molecule has 2 aliphatic rings. The lowest BCUT2D eigenvalue weighted by molar-refractivity contribution is -0.122. The third-order valence-corrected chi connectivity index (χ3v) is 6.27. The Balaban J connectivity index is 1.58. The molecule has 0 radical (unpaired) electrons. The first-order valence-corrected chi connectivity index (χ1v) is 10.6. The number of hydrogen-bond donors (Lipinski definition) is 2. The van der Waals surface area contributed by atoms with Crippen molar-refractivity contribution in [2.45, 2.75) is 55.9 Å². The van der Waals surface area contributed by atoms with E-state index in [2.05, 4.69) is 10.0 Å². The van der Waals surface area contributed by atoms with Gasteiger partial charge in [-0.25, -0.2) is 13.1 Å². The molecule has 1 aliphatic carbocycles.